The average molecular weight is 350 g/mol. The first-order chi connectivity index (χ1) is 12.6. The quantitative estimate of drug-likeness (QED) is 0.675. The number of rotatable bonds is 4. The number of piperidine rings is 1. The summed E-state index contributed by atoms with van der Waals surface area (Å²) in [5.41, 5.74) is 8.51. The van der Waals surface area contributed by atoms with Crippen LogP contribution in [0.3, 0.4) is 0 Å². The maximum atomic E-state index is 12.3. The van der Waals surface area contributed by atoms with E-state index in [0.717, 1.165) is 36.2 Å². The van der Waals surface area contributed by atoms with Crippen molar-refractivity contribution in [2.75, 3.05) is 13.1 Å². The van der Waals surface area contributed by atoms with Crippen molar-refractivity contribution in [3.05, 3.63) is 58.0 Å². The molecule has 3 aromatic rings. The van der Waals surface area contributed by atoms with Gasteiger partial charge in [0.05, 0.1) is 11.3 Å². The number of H-pyrrole nitrogens is 2. The molecule has 0 atom stereocenters. The van der Waals surface area contributed by atoms with Crippen molar-refractivity contribution in [1.29, 1.82) is 0 Å². The monoisotopic (exact) mass is 350 g/mol. The zero-order valence-corrected chi connectivity index (χ0v) is 14.5. The van der Waals surface area contributed by atoms with Gasteiger partial charge >= 0.3 is 0 Å². The molecular weight excluding hydrogens is 328 g/mol. The van der Waals surface area contributed by atoms with Crippen LogP contribution in [-0.4, -0.2) is 33.9 Å². The van der Waals surface area contributed by atoms with Crippen molar-refractivity contribution >= 4 is 16.8 Å². The summed E-state index contributed by atoms with van der Waals surface area (Å²) in [4.78, 5) is 31.9. The Labute approximate surface area is 151 Å². The normalized spacial score (nSPS) is 15.4. The van der Waals surface area contributed by atoms with Crippen LogP contribution < -0.4 is 11.3 Å². The second kappa shape index (κ2) is 6.80. The van der Waals surface area contributed by atoms with E-state index in [-0.39, 0.29) is 11.3 Å². The van der Waals surface area contributed by atoms with Crippen molar-refractivity contribution in [3.8, 4) is 11.3 Å². The van der Waals surface area contributed by atoms with Crippen LogP contribution in [0.4, 0.5) is 0 Å². The number of amides is 1. The Morgan fingerprint density at radius 1 is 1.08 bits per heavy atom. The predicted molar refractivity (Wildman–Crippen MR) is 102 cm³/mol. The molecule has 0 unspecified atom stereocenters. The molecule has 2 aromatic heterocycles. The zero-order chi connectivity index (χ0) is 18.1. The molecule has 0 bridgehead atoms. The molecule has 3 heterocycles. The van der Waals surface area contributed by atoms with Gasteiger partial charge in [-0.3, -0.25) is 14.5 Å². The first-order valence-electron chi connectivity index (χ1n) is 8.98. The number of fused-ring (bicyclic) bond motifs is 1. The Hall–Kier alpha value is -2.86. The number of aromatic nitrogens is 2. The van der Waals surface area contributed by atoms with E-state index in [1.165, 1.54) is 24.8 Å². The van der Waals surface area contributed by atoms with Crippen LogP contribution in [0.1, 0.15) is 35.3 Å². The highest BCUT2D eigenvalue weighted by atomic mass is 16.1. The molecule has 1 fully saturated rings. The number of nitrogens with zero attached hydrogens (tertiary/aromatic N) is 1. The molecule has 4 N–H and O–H groups in total. The topological polar surface area (TPSA) is 95.0 Å². The van der Waals surface area contributed by atoms with Gasteiger partial charge in [0.1, 0.15) is 5.69 Å². The summed E-state index contributed by atoms with van der Waals surface area (Å²) in [5, 5.41) is 1.13. The van der Waals surface area contributed by atoms with Gasteiger partial charge in [0.25, 0.3) is 11.5 Å². The molecule has 6 heteroatoms. The number of hydrogen-bond acceptors (Lipinski definition) is 3. The van der Waals surface area contributed by atoms with Crippen molar-refractivity contribution in [2.24, 2.45) is 5.73 Å². The number of nitrogens with one attached hydrogen (secondary N) is 2. The molecule has 0 saturated carbocycles. The molecule has 1 aliphatic rings. The molecule has 1 saturated heterocycles. The van der Waals surface area contributed by atoms with E-state index in [9.17, 15) is 9.59 Å². The number of benzene rings is 1. The Kier molecular flexibility index (Phi) is 4.34. The highest BCUT2D eigenvalue weighted by Crippen LogP contribution is 2.26. The number of aromatic amines is 2. The average Bonchev–Trinajstić information content (AvgIpc) is 3.07. The molecule has 0 aliphatic carbocycles. The van der Waals surface area contributed by atoms with E-state index in [4.69, 9.17) is 5.73 Å². The fourth-order valence-electron chi connectivity index (χ4n) is 3.69. The third kappa shape index (κ3) is 3.15. The summed E-state index contributed by atoms with van der Waals surface area (Å²) < 4.78 is 0. The largest absolute Gasteiger partial charge is 0.364 e. The molecule has 4 rings (SSSR count). The van der Waals surface area contributed by atoms with Gasteiger partial charge in [0.2, 0.25) is 0 Å². The molecule has 1 aromatic carbocycles. The van der Waals surface area contributed by atoms with E-state index >= 15 is 0 Å². The summed E-state index contributed by atoms with van der Waals surface area (Å²) in [6, 6.07) is 11.4. The summed E-state index contributed by atoms with van der Waals surface area (Å²) in [7, 11) is 0. The van der Waals surface area contributed by atoms with E-state index in [1.807, 2.05) is 18.2 Å². The highest BCUT2D eigenvalue weighted by molar-refractivity contribution is 5.92. The van der Waals surface area contributed by atoms with Crippen molar-refractivity contribution in [3.63, 3.8) is 0 Å². The molecule has 1 aliphatic heterocycles. The Morgan fingerprint density at radius 3 is 2.62 bits per heavy atom. The fraction of sp³-hybridized carbons (Fsp3) is 0.300. The first-order valence-corrected chi connectivity index (χ1v) is 8.98. The van der Waals surface area contributed by atoms with Crippen LogP contribution in [0.25, 0.3) is 22.2 Å². The van der Waals surface area contributed by atoms with Gasteiger partial charge in [-0.25, -0.2) is 0 Å². The van der Waals surface area contributed by atoms with Crippen LogP contribution >= 0.6 is 0 Å². The molecule has 6 nitrogen and oxygen atoms in total. The maximum absolute atomic E-state index is 12.3. The van der Waals surface area contributed by atoms with Crippen molar-refractivity contribution in [1.82, 2.24) is 14.9 Å². The minimum absolute atomic E-state index is 0.112. The third-order valence-electron chi connectivity index (χ3n) is 5.06. The molecule has 134 valence electrons. The molecule has 0 spiro atoms. The van der Waals surface area contributed by atoms with Crippen molar-refractivity contribution < 1.29 is 4.79 Å². The summed E-state index contributed by atoms with van der Waals surface area (Å²) in [6.45, 7) is 3.20. The van der Waals surface area contributed by atoms with E-state index in [2.05, 4.69) is 20.9 Å². The second-order valence-corrected chi connectivity index (χ2v) is 6.88. The molecule has 0 radical (unpaired) electrons. The van der Waals surface area contributed by atoms with Crippen LogP contribution in [0, 0.1) is 0 Å². The van der Waals surface area contributed by atoms with Crippen LogP contribution in [0.15, 0.2) is 41.2 Å². The number of carbonyl (C=O) groups is 1. The number of carbonyl (C=O) groups excluding carboxylic acids is 1. The SMILES string of the molecule is NC(=O)c1ccc(-c2cc3c(CN4CCCCC4)cccc3[nH]2)c(=O)[nH]1. The second-order valence-electron chi connectivity index (χ2n) is 6.88. The smallest absolute Gasteiger partial charge is 0.265 e. The van der Waals surface area contributed by atoms with Gasteiger partial charge in [0, 0.05) is 17.4 Å². The van der Waals surface area contributed by atoms with Gasteiger partial charge in [-0.05, 0) is 55.8 Å². The lowest BCUT2D eigenvalue weighted by atomic mass is 10.1. The number of likely N-dealkylation sites (tertiary alicyclic amines) is 1. The maximum Gasteiger partial charge on any atom is 0.265 e. The van der Waals surface area contributed by atoms with E-state index in [1.54, 1.807) is 12.1 Å². The molecule has 1 amide bonds. The third-order valence-corrected chi connectivity index (χ3v) is 5.06. The van der Waals surface area contributed by atoms with Gasteiger partial charge in [0.15, 0.2) is 0 Å². The number of primary amides is 1. The molecular formula is C20H22N4O2. The van der Waals surface area contributed by atoms with Gasteiger partial charge < -0.3 is 15.7 Å². The van der Waals surface area contributed by atoms with Crippen molar-refractivity contribution in [2.45, 2.75) is 25.8 Å². The first kappa shape index (κ1) is 16.6. The standard InChI is InChI=1S/C20H22N4O2/c21-19(25)17-8-7-14(20(26)23-17)18-11-15-13(5-4-6-16(15)22-18)12-24-9-2-1-3-10-24/h4-8,11,22H,1-3,9-10,12H2,(H2,21,25)(H,23,26). The van der Waals surface area contributed by atoms with Gasteiger partial charge in [-0.15, -0.1) is 0 Å². The van der Waals surface area contributed by atoms with E-state index in [0.29, 0.717) is 5.56 Å². The van der Waals surface area contributed by atoms with Crippen LogP contribution in [0.5, 0.6) is 0 Å². The lowest BCUT2D eigenvalue weighted by molar-refractivity contribution is 0.0995. The van der Waals surface area contributed by atoms with Gasteiger partial charge in [-0.1, -0.05) is 18.6 Å². The zero-order valence-electron chi connectivity index (χ0n) is 14.5. The predicted octanol–water partition coefficient (Wildman–Crippen LogP) is 2.61. The Balaban J connectivity index is 1.70. The summed E-state index contributed by atoms with van der Waals surface area (Å²) in [6.07, 6.45) is 3.84. The highest BCUT2D eigenvalue weighted by Gasteiger charge is 2.15. The van der Waals surface area contributed by atoms with Crippen LogP contribution in [0.2, 0.25) is 0 Å². The number of nitrogens with two attached hydrogens (primary N) is 1. The number of hydrogen-bond donors (Lipinski definition) is 3. The minimum Gasteiger partial charge on any atom is -0.364 e. The molecule has 26 heavy (non-hydrogen) atoms. The van der Waals surface area contributed by atoms with Crippen LogP contribution in [-0.2, 0) is 6.54 Å². The Morgan fingerprint density at radius 2 is 1.88 bits per heavy atom. The fourth-order valence-corrected chi connectivity index (χ4v) is 3.69. The lowest BCUT2D eigenvalue weighted by Crippen LogP contribution is -2.29. The minimum atomic E-state index is -0.644. The number of pyridine rings is 1. The van der Waals surface area contributed by atoms with Gasteiger partial charge in [-0.2, -0.15) is 0 Å². The Bertz CT molecular complexity index is 1010. The van der Waals surface area contributed by atoms with E-state index < -0.39 is 5.91 Å². The lowest BCUT2D eigenvalue weighted by Gasteiger charge is -2.26. The summed E-state index contributed by atoms with van der Waals surface area (Å²) >= 11 is 0. The summed E-state index contributed by atoms with van der Waals surface area (Å²) in [5.74, 6) is -0.644.